The number of benzene rings is 3. The van der Waals surface area contributed by atoms with E-state index >= 15 is 0 Å². The van der Waals surface area contributed by atoms with Crippen LogP contribution in [0, 0.1) is 6.92 Å². The molecule has 4 N–H and O–H groups in total. The number of nitrogens with two attached hydrogens (primary N) is 1. The van der Waals surface area contributed by atoms with Gasteiger partial charge in [0, 0.05) is 11.1 Å². The van der Waals surface area contributed by atoms with E-state index in [4.69, 9.17) is 5.73 Å². The molecule has 0 aromatic heterocycles. The van der Waals surface area contributed by atoms with Gasteiger partial charge in [-0.25, -0.2) is 0 Å². The molecule has 28 heavy (non-hydrogen) atoms. The summed E-state index contributed by atoms with van der Waals surface area (Å²) in [6, 6.07) is 11.1. The first-order chi connectivity index (χ1) is 13.0. The van der Waals surface area contributed by atoms with E-state index in [9.17, 15) is 25.9 Å². The summed E-state index contributed by atoms with van der Waals surface area (Å²) in [6.45, 7) is 1.77. The maximum atomic E-state index is 11.8. The van der Waals surface area contributed by atoms with Crippen molar-refractivity contribution in [2.75, 3.05) is 5.73 Å². The molecule has 3 aromatic carbocycles. The Hall–Kier alpha value is -2.86. The summed E-state index contributed by atoms with van der Waals surface area (Å²) in [5.74, 6) is 0. The van der Waals surface area contributed by atoms with Crippen LogP contribution in [0.15, 0.2) is 68.6 Å². The van der Waals surface area contributed by atoms with Gasteiger partial charge in [-0.1, -0.05) is 12.1 Å². The van der Waals surface area contributed by atoms with Gasteiger partial charge in [-0.05, 0) is 54.3 Å². The van der Waals surface area contributed by atoms with E-state index in [-0.39, 0.29) is 16.5 Å². The van der Waals surface area contributed by atoms with Crippen molar-refractivity contribution in [1.29, 1.82) is 0 Å². The Morgan fingerprint density at radius 3 is 2.14 bits per heavy atom. The van der Waals surface area contributed by atoms with E-state index in [1.165, 1.54) is 18.2 Å². The van der Waals surface area contributed by atoms with Gasteiger partial charge in [0.25, 0.3) is 20.2 Å². The van der Waals surface area contributed by atoms with Gasteiger partial charge in [-0.15, -0.1) is 5.11 Å². The lowest BCUT2D eigenvalue weighted by Gasteiger charge is -2.09. The summed E-state index contributed by atoms with van der Waals surface area (Å²) in [4.78, 5) is -1.38. The zero-order valence-corrected chi connectivity index (χ0v) is 16.1. The van der Waals surface area contributed by atoms with E-state index in [1.807, 2.05) is 0 Å². The molecule has 0 saturated carbocycles. The van der Waals surface area contributed by atoms with Gasteiger partial charge < -0.3 is 5.73 Å². The average molecular weight is 421 g/mol. The van der Waals surface area contributed by atoms with E-state index < -0.39 is 30.0 Å². The van der Waals surface area contributed by atoms with Crippen LogP contribution in [0.1, 0.15) is 5.56 Å². The maximum Gasteiger partial charge on any atom is 0.295 e. The monoisotopic (exact) mass is 421 g/mol. The molecule has 3 aromatic rings. The highest BCUT2D eigenvalue weighted by Crippen LogP contribution is 2.35. The molecule has 0 spiro atoms. The Bertz CT molecular complexity index is 1330. The van der Waals surface area contributed by atoms with Crippen molar-refractivity contribution in [3.05, 3.63) is 54.1 Å². The molecular formula is C17H15N3O6S2. The molecule has 146 valence electrons. The van der Waals surface area contributed by atoms with E-state index in [0.29, 0.717) is 17.4 Å². The SMILES string of the molecule is Cc1cc(N)ccc1N=Nc1cccc2cc(S(=O)(=O)O)cc(S(=O)(=O)O)c12. The third-order valence-corrected chi connectivity index (χ3v) is 5.66. The maximum absolute atomic E-state index is 11.8. The van der Waals surface area contributed by atoms with Crippen molar-refractivity contribution in [2.45, 2.75) is 16.7 Å². The summed E-state index contributed by atoms with van der Waals surface area (Å²) in [5.41, 5.74) is 7.56. The number of anilines is 1. The van der Waals surface area contributed by atoms with Gasteiger partial charge >= 0.3 is 0 Å². The van der Waals surface area contributed by atoms with E-state index in [0.717, 1.165) is 11.6 Å². The topological polar surface area (TPSA) is 159 Å². The zero-order valence-electron chi connectivity index (χ0n) is 14.4. The molecule has 9 nitrogen and oxygen atoms in total. The molecule has 0 bridgehead atoms. The third kappa shape index (κ3) is 4.02. The molecule has 0 aliphatic carbocycles. The van der Waals surface area contributed by atoms with Gasteiger partial charge in [0.15, 0.2) is 0 Å². The molecule has 3 rings (SSSR count). The molecular weight excluding hydrogens is 406 g/mol. The second-order valence-electron chi connectivity index (χ2n) is 5.99. The fourth-order valence-corrected chi connectivity index (χ4v) is 4.05. The third-order valence-electron chi connectivity index (χ3n) is 3.95. The van der Waals surface area contributed by atoms with Crippen LogP contribution in [0.3, 0.4) is 0 Å². The van der Waals surface area contributed by atoms with Crippen LogP contribution in [0.25, 0.3) is 10.8 Å². The quantitative estimate of drug-likeness (QED) is 0.329. The summed E-state index contributed by atoms with van der Waals surface area (Å²) in [5, 5.41) is 8.24. The Morgan fingerprint density at radius 2 is 1.54 bits per heavy atom. The minimum atomic E-state index is -4.83. The molecule has 0 aliphatic heterocycles. The smallest absolute Gasteiger partial charge is 0.295 e. The van der Waals surface area contributed by atoms with Crippen molar-refractivity contribution >= 4 is 48.1 Å². The lowest BCUT2D eigenvalue weighted by atomic mass is 10.1. The van der Waals surface area contributed by atoms with Crippen molar-refractivity contribution in [2.24, 2.45) is 10.2 Å². The number of hydrogen-bond donors (Lipinski definition) is 3. The van der Waals surface area contributed by atoms with E-state index in [1.54, 1.807) is 25.1 Å². The number of fused-ring (bicyclic) bond motifs is 1. The van der Waals surface area contributed by atoms with Gasteiger partial charge in [0.2, 0.25) is 0 Å². The summed E-state index contributed by atoms with van der Waals surface area (Å²) in [7, 11) is -9.52. The molecule has 0 aliphatic rings. The second kappa shape index (κ2) is 6.95. The van der Waals surface area contributed by atoms with Gasteiger partial charge in [-0.2, -0.15) is 21.9 Å². The minimum absolute atomic E-state index is 0.0331. The number of nitrogen functional groups attached to an aromatic ring is 1. The van der Waals surface area contributed by atoms with Gasteiger partial charge in [0.05, 0.1) is 16.3 Å². The van der Waals surface area contributed by atoms with Crippen LogP contribution in [-0.4, -0.2) is 25.9 Å². The predicted octanol–water partition coefficient (Wildman–Crippen LogP) is 3.64. The molecule has 0 saturated heterocycles. The lowest BCUT2D eigenvalue weighted by molar-refractivity contribution is 0.482. The summed E-state index contributed by atoms with van der Waals surface area (Å²) in [6.07, 6.45) is 0. The highest BCUT2D eigenvalue weighted by Gasteiger charge is 2.22. The van der Waals surface area contributed by atoms with E-state index in [2.05, 4.69) is 10.2 Å². The van der Waals surface area contributed by atoms with Gasteiger partial charge in [-0.3, -0.25) is 9.11 Å². The number of nitrogens with zero attached hydrogens (tertiary/aromatic N) is 2. The number of azo groups is 1. The Balaban J connectivity index is 2.28. The standard InChI is InChI=1S/C17H15N3O6S2/c1-10-7-12(18)5-6-14(10)19-20-15-4-2-3-11-8-13(27(21,22)23)9-16(17(11)15)28(24,25)26/h2-9H,18H2,1H3,(H,21,22,23)(H,24,25,26). The number of aryl methyl sites for hydroxylation is 1. The predicted molar refractivity (Wildman–Crippen MR) is 103 cm³/mol. The highest BCUT2D eigenvalue weighted by molar-refractivity contribution is 7.86. The molecule has 11 heteroatoms. The number of rotatable bonds is 4. The minimum Gasteiger partial charge on any atom is -0.399 e. The van der Waals surface area contributed by atoms with Crippen molar-refractivity contribution in [3.8, 4) is 0 Å². The summed E-state index contributed by atoms with van der Waals surface area (Å²) < 4.78 is 65.4. The Labute approximate surface area is 161 Å². The zero-order chi connectivity index (χ0) is 20.7. The lowest BCUT2D eigenvalue weighted by Crippen LogP contribution is -2.04. The normalized spacial score (nSPS) is 12.7. The Kier molecular flexibility index (Phi) is 4.93. The van der Waals surface area contributed by atoms with Crippen LogP contribution in [0.4, 0.5) is 17.1 Å². The number of hydrogen-bond acceptors (Lipinski definition) is 7. The summed E-state index contributed by atoms with van der Waals surface area (Å²) >= 11 is 0. The largest absolute Gasteiger partial charge is 0.399 e. The van der Waals surface area contributed by atoms with Crippen LogP contribution < -0.4 is 5.73 Å². The first-order valence-corrected chi connectivity index (χ1v) is 10.6. The Morgan fingerprint density at radius 1 is 0.857 bits per heavy atom. The first kappa shape index (κ1) is 19.9. The highest BCUT2D eigenvalue weighted by atomic mass is 32.2. The van der Waals surface area contributed by atoms with Crippen molar-refractivity contribution < 1.29 is 25.9 Å². The molecule has 0 fully saturated rings. The molecule has 0 radical (unpaired) electrons. The fourth-order valence-electron chi connectivity index (χ4n) is 2.68. The van der Waals surface area contributed by atoms with Crippen molar-refractivity contribution in [1.82, 2.24) is 0 Å². The molecule has 0 unspecified atom stereocenters. The second-order valence-corrected chi connectivity index (χ2v) is 8.80. The van der Waals surface area contributed by atoms with Crippen LogP contribution >= 0.6 is 0 Å². The molecule has 0 amide bonds. The molecule has 0 heterocycles. The first-order valence-electron chi connectivity index (χ1n) is 7.76. The van der Waals surface area contributed by atoms with Crippen molar-refractivity contribution in [3.63, 3.8) is 0 Å². The fraction of sp³-hybridized carbons (Fsp3) is 0.0588. The average Bonchev–Trinajstić information content (AvgIpc) is 2.58. The van der Waals surface area contributed by atoms with Crippen LogP contribution in [0.5, 0.6) is 0 Å². The van der Waals surface area contributed by atoms with Gasteiger partial charge in [0.1, 0.15) is 4.90 Å². The molecule has 0 atom stereocenters. The van der Waals surface area contributed by atoms with Crippen LogP contribution in [-0.2, 0) is 20.2 Å². The van der Waals surface area contributed by atoms with Crippen LogP contribution in [0.2, 0.25) is 0 Å².